The Balaban J connectivity index is 2.40. The first-order valence-electron chi connectivity index (χ1n) is 4.31. The number of hydrogen-bond donors (Lipinski definition) is 1. The zero-order chi connectivity index (χ0) is 9.68. The van der Waals surface area contributed by atoms with Crippen LogP contribution < -0.4 is 5.32 Å². The van der Waals surface area contributed by atoms with Gasteiger partial charge in [0.2, 0.25) is 5.13 Å². The van der Waals surface area contributed by atoms with Crippen molar-refractivity contribution in [1.82, 2.24) is 9.36 Å². The Labute approximate surface area is 87.7 Å². The van der Waals surface area contributed by atoms with Crippen LogP contribution in [0.1, 0.15) is 20.3 Å². The number of alkyl halides is 1. The van der Waals surface area contributed by atoms with Crippen LogP contribution in [0.4, 0.5) is 5.13 Å². The predicted octanol–water partition coefficient (Wildman–Crippen LogP) is 2.60. The van der Waals surface area contributed by atoms with Gasteiger partial charge in [0, 0.05) is 23.5 Å². The van der Waals surface area contributed by atoms with E-state index < -0.39 is 0 Å². The zero-order valence-corrected chi connectivity index (χ0v) is 9.40. The van der Waals surface area contributed by atoms with E-state index in [1.54, 1.807) is 6.33 Å². The molecule has 1 aromatic rings. The number of rotatable bonds is 5. The average molecular weight is 220 g/mol. The molecule has 0 saturated carbocycles. The summed E-state index contributed by atoms with van der Waals surface area (Å²) in [4.78, 5) is 4.05. The fourth-order valence-corrected chi connectivity index (χ4v) is 1.85. The lowest BCUT2D eigenvalue weighted by Gasteiger charge is -2.16. The molecular formula is C8H14ClN3S. The van der Waals surface area contributed by atoms with Gasteiger partial charge in [-0.3, -0.25) is 0 Å². The molecule has 0 aliphatic rings. The zero-order valence-electron chi connectivity index (χ0n) is 7.83. The minimum Gasteiger partial charge on any atom is -0.356 e. The second-order valence-corrected chi connectivity index (χ2v) is 4.46. The van der Waals surface area contributed by atoms with Gasteiger partial charge in [-0.05, 0) is 12.3 Å². The molecule has 0 aliphatic heterocycles. The van der Waals surface area contributed by atoms with Gasteiger partial charge in [-0.1, -0.05) is 13.8 Å². The second kappa shape index (κ2) is 5.40. The molecule has 0 spiro atoms. The van der Waals surface area contributed by atoms with Crippen molar-refractivity contribution < 1.29 is 0 Å². The van der Waals surface area contributed by atoms with Crippen LogP contribution in [0.2, 0.25) is 0 Å². The van der Waals surface area contributed by atoms with Gasteiger partial charge in [0.25, 0.3) is 0 Å². The molecule has 0 aliphatic carbocycles. The predicted molar refractivity (Wildman–Crippen MR) is 57.5 cm³/mol. The van der Waals surface area contributed by atoms with E-state index in [-0.39, 0.29) is 0 Å². The van der Waals surface area contributed by atoms with E-state index >= 15 is 0 Å². The summed E-state index contributed by atoms with van der Waals surface area (Å²) in [5, 5.41) is 4.11. The number of anilines is 1. The summed E-state index contributed by atoms with van der Waals surface area (Å²) in [6.07, 6.45) is 2.61. The minimum atomic E-state index is 0.301. The van der Waals surface area contributed by atoms with Crippen molar-refractivity contribution in [2.75, 3.05) is 11.2 Å². The molecule has 0 aromatic carbocycles. The van der Waals surface area contributed by atoms with Gasteiger partial charge in [-0.25, -0.2) is 4.98 Å². The van der Waals surface area contributed by atoms with Crippen molar-refractivity contribution in [3.63, 3.8) is 0 Å². The van der Waals surface area contributed by atoms with Gasteiger partial charge in [0.15, 0.2) is 0 Å². The van der Waals surface area contributed by atoms with E-state index in [0.29, 0.717) is 17.8 Å². The van der Waals surface area contributed by atoms with Crippen LogP contribution in [0.25, 0.3) is 0 Å². The summed E-state index contributed by atoms with van der Waals surface area (Å²) in [6, 6.07) is 0.301. The van der Waals surface area contributed by atoms with Crippen molar-refractivity contribution in [1.29, 1.82) is 0 Å². The van der Waals surface area contributed by atoms with E-state index in [0.717, 1.165) is 11.6 Å². The molecular weight excluding hydrogens is 206 g/mol. The van der Waals surface area contributed by atoms with Crippen molar-refractivity contribution in [2.24, 2.45) is 5.92 Å². The Morgan fingerprint density at radius 2 is 2.38 bits per heavy atom. The lowest BCUT2D eigenvalue weighted by Crippen LogP contribution is -2.23. The van der Waals surface area contributed by atoms with Crippen LogP contribution in [0.5, 0.6) is 0 Å². The van der Waals surface area contributed by atoms with Gasteiger partial charge in [-0.2, -0.15) is 4.37 Å². The number of aromatic nitrogens is 2. The summed E-state index contributed by atoms with van der Waals surface area (Å²) >= 11 is 7.19. The van der Waals surface area contributed by atoms with E-state index in [4.69, 9.17) is 11.6 Å². The maximum absolute atomic E-state index is 5.82. The highest BCUT2D eigenvalue weighted by Crippen LogP contribution is 2.14. The van der Waals surface area contributed by atoms with E-state index in [9.17, 15) is 0 Å². The number of nitrogens with one attached hydrogen (secondary N) is 1. The molecule has 1 N–H and O–H groups in total. The van der Waals surface area contributed by atoms with Crippen molar-refractivity contribution in [2.45, 2.75) is 26.3 Å². The lowest BCUT2D eigenvalue weighted by atomic mass is 10.1. The normalized spacial score (nSPS) is 13.2. The molecule has 0 fully saturated rings. The first-order valence-corrected chi connectivity index (χ1v) is 5.62. The summed E-state index contributed by atoms with van der Waals surface area (Å²) in [5.74, 6) is 1.25. The molecule has 1 heterocycles. The first-order chi connectivity index (χ1) is 6.22. The van der Waals surface area contributed by atoms with Gasteiger partial charge in [0.1, 0.15) is 6.33 Å². The molecule has 0 saturated heterocycles. The summed E-state index contributed by atoms with van der Waals surface area (Å²) in [6.45, 7) is 4.36. The molecule has 5 heteroatoms. The summed E-state index contributed by atoms with van der Waals surface area (Å²) in [5.41, 5.74) is 0. The van der Waals surface area contributed by atoms with Crippen molar-refractivity contribution >= 4 is 28.3 Å². The molecule has 1 rings (SSSR count). The van der Waals surface area contributed by atoms with Crippen LogP contribution in [-0.4, -0.2) is 21.3 Å². The summed E-state index contributed by atoms with van der Waals surface area (Å²) < 4.78 is 3.91. The smallest absolute Gasteiger partial charge is 0.202 e. The highest BCUT2D eigenvalue weighted by molar-refractivity contribution is 7.09. The monoisotopic (exact) mass is 219 g/mol. The molecule has 0 amide bonds. The van der Waals surface area contributed by atoms with Crippen LogP contribution in [-0.2, 0) is 0 Å². The molecule has 3 nitrogen and oxygen atoms in total. The largest absolute Gasteiger partial charge is 0.356 e. The van der Waals surface area contributed by atoms with E-state index in [1.165, 1.54) is 11.5 Å². The van der Waals surface area contributed by atoms with Crippen molar-refractivity contribution in [3.05, 3.63) is 6.33 Å². The lowest BCUT2D eigenvalue weighted by molar-refractivity contribution is 0.542. The molecule has 0 bridgehead atoms. The number of hydrogen-bond acceptors (Lipinski definition) is 4. The SMILES string of the molecule is CC(C)CC(CCl)Nc1ncns1. The quantitative estimate of drug-likeness (QED) is 0.774. The number of halogens is 1. The van der Waals surface area contributed by atoms with E-state index in [1.807, 2.05) is 0 Å². The maximum atomic E-state index is 5.82. The Hall–Kier alpha value is -0.350. The van der Waals surface area contributed by atoms with Crippen LogP contribution in [0.15, 0.2) is 6.33 Å². The Kier molecular flexibility index (Phi) is 4.45. The Bertz CT molecular complexity index is 225. The van der Waals surface area contributed by atoms with Gasteiger partial charge >= 0.3 is 0 Å². The molecule has 74 valence electrons. The molecule has 1 atom stereocenters. The highest BCUT2D eigenvalue weighted by atomic mass is 35.5. The van der Waals surface area contributed by atoms with Gasteiger partial charge in [-0.15, -0.1) is 11.6 Å². The molecule has 1 unspecified atom stereocenters. The standard InChI is InChI=1S/C8H14ClN3S/c1-6(2)3-7(4-9)12-8-10-5-11-13-8/h5-7H,3-4H2,1-2H3,(H,10,11,12). The molecule has 1 aromatic heterocycles. The third-order valence-electron chi connectivity index (χ3n) is 1.63. The van der Waals surface area contributed by atoms with Gasteiger partial charge in [0.05, 0.1) is 0 Å². The Morgan fingerprint density at radius 3 is 2.85 bits per heavy atom. The van der Waals surface area contributed by atoms with Crippen LogP contribution >= 0.6 is 23.1 Å². The van der Waals surface area contributed by atoms with Crippen LogP contribution in [0.3, 0.4) is 0 Å². The fourth-order valence-electron chi connectivity index (χ4n) is 1.14. The third kappa shape index (κ3) is 3.91. The Morgan fingerprint density at radius 1 is 1.62 bits per heavy atom. The topological polar surface area (TPSA) is 37.8 Å². The average Bonchev–Trinajstić information content (AvgIpc) is 2.55. The summed E-state index contributed by atoms with van der Waals surface area (Å²) in [7, 11) is 0. The fraction of sp³-hybridized carbons (Fsp3) is 0.750. The maximum Gasteiger partial charge on any atom is 0.202 e. The minimum absolute atomic E-state index is 0.301. The number of nitrogens with zero attached hydrogens (tertiary/aromatic N) is 2. The second-order valence-electron chi connectivity index (χ2n) is 3.37. The highest BCUT2D eigenvalue weighted by Gasteiger charge is 2.10. The third-order valence-corrected chi connectivity index (χ3v) is 2.60. The van der Waals surface area contributed by atoms with E-state index in [2.05, 4.69) is 28.5 Å². The molecule has 0 radical (unpaired) electrons. The first kappa shape index (κ1) is 10.7. The van der Waals surface area contributed by atoms with Crippen LogP contribution in [0, 0.1) is 5.92 Å². The van der Waals surface area contributed by atoms with Gasteiger partial charge < -0.3 is 5.32 Å². The molecule has 13 heavy (non-hydrogen) atoms. The van der Waals surface area contributed by atoms with Crippen molar-refractivity contribution in [3.8, 4) is 0 Å².